The molecule has 0 heterocycles. The second kappa shape index (κ2) is 13.9. The summed E-state index contributed by atoms with van der Waals surface area (Å²) in [5, 5.41) is 27.1. The number of amides is 5. The molecule has 1 aliphatic carbocycles. The number of benzene rings is 2. The first kappa shape index (κ1) is 30.6. The molecule has 2 aromatic rings. The number of primary amides is 1. The first-order chi connectivity index (χ1) is 19.5. The third kappa shape index (κ3) is 8.02. The van der Waals surface area contributed by atoms with Crippen LogP contribution in [-0.4, -0.2) is 83.8 Å². The minimum Gasteiger partial charge on any atom is -0.480 e. The van der Waals surface area contributed by atoms with Crippen molar-refractivity contribution in [1.29, 1.82) is 0 Å². The minimum absolute atomic E-state index is 0.0242. The van der Waals surface area contributed by atoms with E-state index in [0.29, 0.717) is 0 Å². The number of rotatable bonds is 13. The van der Waals surface area contributed by atoms with Crippen LogP contribution < -0.4 is 27.0 Å². The Kier molecular flexibility index (Phi) is 10.4. The second-order valence-corrected chi connectivity index (χ2v) is 9.28. The van der Waals surface area contributed by atoms with Gasteiger partial charge < -0.3 is 42.0 Å². The third-order valence-electron chi connectivity index (χ3n) is 6.34. The Hall–Kier alpha value is -4.98. The van der Waals surface area contributed by atoms with Crippen LogP contribution in [0.2, 0.25) is 0 Å². The molecule has 0 aliphatic heterocycles. The topological polar surface area (TPSA) is 226 Å². The Morgan fingerprint density at radius 3 is 1.98 bits per heavy atom. The summed E-state index contributed by atoms with van der Waals surface area (Å²) in [6, 6.07) is 11.2. The van der Waals surface area contributed by atoms with Crippen LogP contribution in [0.25, 0.3) is 11.1 Å². The fraction of sp³-hybridized carbons (Fsp3) is 0.333. The van der Waals surface area contributed by atoms with E-state index in [4.69, 9.17) is 15.6 Å². The van der Waals surface area contributed by atoms with Gasteiger partial charge in [-0.2, -0.15) is 0 Å². The SMILES string of the molecule is C[C@H](NC(=O)[C@H](CO)NC(=O)OCC1c2ccccc2-c2ccccc21)C(=O)N[C@@H](CC(N)=O)C(=O)NCC(=O)O. The van der Waals surface area contributed by atoms with E-state index in [1.807, 2.05) is 53.8 Å². The van der Waals surface area contributed by atoms with E-state index in [0.717, 1.165) is 22.3 Å². The van der Waals surface area contributed by atoms with Crippen molar-refractivity contribution in [1.82, 2.24) is 21.3 Å². The summed E-state index contributed by atoms with van der Waals surface area (Å²) >= 11 is 0. The Labute approximate surface area is 234 Å². The van der Waals surface area contributed by atoms with Crippen LogP contribution >= 0.6 is 0 Å². The van der Waals surface area contributed by atoms with Gasteiger partial charge in [0, 0.05) is 5.92 Å². The highest BCUT2D eigenvalue weighted by atomic mass is 16.5. The lowest BCUT2D eigenvalue weighted by molar-refractivity contribution is -0.138. The van der Waals surface area contributed by atoms with Gasteiger partial charge in [-0.1, -0.05) is 48.5 Å². The number of aliphatic carboxylic acids is 1. The molecule has 0 radical (unpaired) electrons. The van der Waals surface area contributed by atoms with Gasteiger partial charge >= 0.3 is 12.1 Å². The zero-order valence-electron chi connectivity index (χ0n) is 22.1. The van der Waals surface area contributed by atoms with Crippen LogP contribution in [0.1, 0.15) is 30.4 Å². The van der Waals surface area contributed by atoms with Gasteiger partial charge in [0.25, 0.3) is 0 Å². The van der Waals surface area contributed by atoms with Crippen molar-refractivity contribution in [3.63, 3.8) is 0 Å². The van der Waals surface area contributed by atoms with Gasteiger partial charge in [0.1, 0.15) is 31.3 Å². The molecule has 2 aromatic carbocycles. The highest BCUT2D eigenvalue weighted by Crippen LogP contribution is 2.44. The van der Waals surface area contributed by atoms with Gasteiger partial charge in [-0.05, 0) is 29.2 Å². The van der Waals surface area contributed by atoms with Crippen LogP contribution in [0.5, 0.6) is 0 Å². The van der Waals surface area contributed by atoms with E-state index < -0.39 is 73.4 Å². The van der Waals surface area contributed by atoms with Gasteiger partial charge in [-0.3, -0.25) is 24.0 Å². The molecule has 3 atom stereocenters. The van der Waals surface area contributed by atoms with Crippen LogP contribution in [0.3, 0.4) is 0 Å². The Bertz CT molecular complexity index is 1290. The lowest BCUT2D eigenvalue weighted by Crippen LogP contribution is -2.57. The zero-order valence-corrected chi connectivity index (χ0v) is 22.1. The molecule has 8 N–H and O–H groups in total. The summed E-state index contributed by atoms with van der Waals surface area (Å²) in [5.74, 6) is -5.31. The first-order valence-electron chi connectivity index (χ1n) is 12.6. The highest BCUT2D eigenvalue weighted by Gasteiger charge is 2.31. The monoisotopic (exact) mass is 569 g/mol. The average molecular weight is 570 g/mol. The van der Waals surface area contributed by atoms with Crippen molar-refractivity contribution >= 4 is 35.7 Å². The molecular weight excluding hydrogens is 538 g/mol. The quantitative estimate of drug-likeness (QED) is 0.156. The van der Waals surface area contributed by atoms with Crippen LogP contribution in [-0.2, 0) is 28.7 Å². The number of fused-ring (bicyclic) bond motifs is 3. The van der Waals surface area contributed by atoms with Crippen LogP contribution in [0.4, 0.5) is 4.79 Å². The summed E-state index contributed by atoms with van der Waals surface area (Å²) in [7, 11) is 0. The number of nitrogens with two attached hydrogens (primary N) is 1. The number of carbonyl (C=O) groups is 6. The number of carboxylic acid groups (broad SMARTS) is 1. The number of carbonyl (C=O) groups excluding carboxylic acids is 5. The van der Waals surface area contributed by atoms with Crippen LogP contribution in [0.15, 0.2) is 48.5 Å². The molecule has 218 valence electrons. The normalized spacial score (nSPS) is 13.9. The van der Waals surface area contributed by atoms with Crippen LogP contribution in [0, 0.1) is 0 Å². The average Bonchev–Trinajstić information content (AvgIpc) is 3.26. The first-order valence-corrected chi connectivity index (χ1v) is 12.6. The molecule has 0 saturated heterocycles. The fourth-order valence-corrected chi connectivity index (χ4v) is 4.35. The number of carboxylic acids is 1. The number of aliphatic hydroxyl groups is 1. The maximum Gasteiger partial charge on any atom is 0.407 e. The molecule has 14 nitrogen and oxygen atoms in total. The molecule has 0 spiro atoms. The number of hydrogen-bond acceptors (Lipinski definition) is 8. The van der Waals surface area contributed by atoms with E-state index >= 15 is 0 Å². The third-order valence-corrected chi connectivity index (χ3v) is 6.34. The molecular formula is C27H31N5O9. The number of aliphatic hydroxyl groups excluding tert-OH is 1. The zero-order chi connectivity index (χ0) is 30.1. The fourth-order valence-electron chi connectivity index (χ4n) is 4.35. The lowest BCUT2D eigenvalue weighted by Gasteiger charge is -2.22. The predicted molar refractivity (Wildman–Crippen MR) is 143 cm³/mol. The van der Waals surface area contributed by atoms with Crippen molar-refractivity contribution < 1.29 is 43.7 Å². The Balaban J connectivity index is 1.55. The van der Waals surface area contributed by atoms with Crippen molar-refractivity contribution in [2.24, 2.45) is 5.73 Å². The van der Waals surface area contributed by atoms with Gasteiger partial charge in [0.2, 0.25) is 23.6 Å². The molecule has 0 aromatic heterocycles. The van der Waals surface area contributed by atoms with E-state index in [2.05, 4.69) is 16.0 Å². The largest absolute Gasteiger partial charge is 0.480 e. The molecule has 41 heavy (non-hydrogen) atoms. The maximum atomic E-state index is 12.6. The van der Waals surface area contributed by atoms with E-state index in [-0.39, 0.29) is 12.5 Å². The summed E-state index contributed by atoms with van der Waals surface area (Å²) in [5.41, 5.74) is 9.15. The predicted octanol–water partition coefficient (Wildman–Crippen LogP) is -1.05. The van der Waals surface area contributed by atoms with Gasteiger partial charge in [0.05, 0.1) is 13.0 Å². The minimum atomic E-state index is -1.49. The van der Waals surface area contributed by atoms with E-state index in [1.165, 1.54) is 6.92 Å². The molecule has 1 aliphatic rings. The molecule has 3 rings (SSSR count). The van der Waals surface area contributed by atoms with Crippen molar-refractivity contribution in [2.75, 3.05) is 19.8 Å². The van der Waals surface area contributed by atoms with Gasteiger partial charge in [-0.15, -0.1) is 0 Å². The lowest BCUT2D eigenvalue weighted by atomic mass is 9.98. The Morgan fingerprint density at radius 1 is 0.854 bits per heavy atom. The molecule has 0 bridgehead atoms. The van der Waals surface area contributed by atoms with Gasteiger partial charge in [-0.25, -0.2) is 4.79 Å². The number of alkyl carbamates (subject to hydrolysis) is 1. The number of ether oxygens (including phenoxy) is 1. The van der Waals surface area contributed by atoms with E-state index in [1.54, 1.807) is 0 Å². The van der Waals surface area contributed by atoms with Crippen molar-refractivity contribution in [3.05, 3.63) is 59.7 Å². The molecule has 0 saturated carbocycles. The second-order valence-electron chi connectivity index (χ2n) is 9.28. The van der Waals surface area contributed by atoms with Crippen molar-refractivity contribution in [2.45, 2.75) is 37.4 Å². The molecule has 14 heteroatoms. The summed E-state index contributed by atoms with van der Waals surface area (Å²) in [6.45, 7) is -0.336. The smallest absolute Gasteiger partial charge is 0.407 e. The standard InChI is InChI=1S/C27H31N5O9/c1-14(24(37)31-20(10-22(28)34)25(38)29-11-23(35)36)30-26(39)21(12-33)32-27(40)41-13-19-17-8-4-2-6-15(17)16-7-3-5-9-18(16)19/h2-9,14,19-21,33H,10-13H2,1H3,(H2,28,34)(H,29,38)(H,30,39)(H,31,37)(H,32,40)(H,35,36)/t14-,20-,21-/m0/s1. The maximum absolute atomic E-state index is 12.6. The summed E-state index contributed by atoms with van der Waals surface area (Å²) in [6.07, 6.45) is -1.59. The summed E-state index contributed by atoms with van der Waals surface area (Å²) in [4.78, 5) is 71.8. The molecule has 0 fully saturated rings. The molecule has 0 unspecified atom stereocenters. The van der Waals surface area contributed by atoms with E-state index in [9.17, 15) is 33.9 Å². The number of hydrogen-bond donors (Lipinski definition) is 7. The number of nitrogens with one attached hydrogen (secondary N) is 4. The Morgan fingerprint density at radius 2 is 1.44 bits per heavy atom. The van der Waals surface area contributed by atoms with Crippen molar-refractivity contribution in [3.8, 4) is 11.1 Å². The van der Waals surface area contributed by atoms with Gasteiger partial charge in [0.15, 0.2) is 0 Å². The highest BCUT2D eigenvalue weighted by molar-refractivity contribution is 5.96. The summed E-state index contributed by atoms with van der Waals surface area (Å²) < 4.78 is 5.38. The molecule has 5 amide bonds.